The Bertz CT molecular complexity index is 610. The van der Waals surface area contributed by atoms with Gasteiger partial charge >= 0.3 is 0 Å². The topological polar surface area (TPSA) is 71.7 Å². The van der Waals surface area contributed by atoms with E-state index in [0.717, 1.165) is 0 Å². The maximum absolute atomic E-state index is 13.3. The average molecular weight is 307 g/mol. The Morgan fingerprint density at radius 3 is 2.82 bits per heavy atom. The highest BCUT2D eigenvalue weighted by Gasteiger charge is 2.26. The summed E-state index contributed by atoms with van der Waals surface area (Å²) >= 11 is 0. The molecule has 1 heterocycles. The first-order chi connectivity index (χ1) is 10.5. The smallest absolute Gasteiger partial charge is 0.223 e. The average Bonchev–Trinajstić information content (AvgIpc) is 3.02. The molecule has 1 aromatic carbocycles. The minimum atomic E-state index is -1.29. The van der Waals surface area contributed by atoms with Crippen LogP contribution in [0.1, 0.15) is 19.1 Å². The number of amides is 1. The number of para-hydroxylation sites is 1. The van der Waals surface area contributed by atoms with E-state index in [1.807, 2.05) is 0 Å². The zero-order chi connectivity index (χ0) is 16.0. The second-order valence-corrected chi connectivity index (χ2v) is 5.06. The SMILES string of the molecule is C[C@](O)(CNC(=O)CCOc1ccccc1F)c1ccco1. The lowest BCUT2D eigenvalue weighted by Crippen LogP contribution is -2.38. The summed E-state index contributed by atoms with van der Waals surface area (Å²) in [7, 11) is 0. The predicted molar refractivity (Wildman–Crippen MR) is 77.8 cm³/mol. The van der Waals surface area contributed by atoms with Gasteiger partial charge in [-0.25, -0.2) is 4.39 Å². The molecule has 1 atom stereocenters. The van der Waals surface area contributed by atoms with E-state index in [1.165, 1.54) is 18.4 Å². The Balaban J connectivity index is 1.73. The fourth-order valence-corrected chi connectivity index (χ4v) is 1.85. The third-order valence-electron chi connectivity index (χ3n) is 3.11. The summed E-state index contributed by atoms with van der Waals surface area (Å²) in [4.78, 5) is 11.7. The molecule has 0 saturated carbocycles. The van der Waals surface area contributed by atoms with E-state index in [9.17, 15) is 14.3 Å². The van der Waals surface area contributed by atoms with Crippen LogP contribution in [0.25, 0.3) is 0 Å². The van der Waals surface area contributed by atoms with Gasteiger partial charge in [0.25, 0.3) is 0 Å². The summed E-state index contributed by atoms with van der Waals surface area (Å²) in [5.74, 6) is -0.292. The summed E-state index contributed by atoms with van der Waals surface area (Å²) in [5.41, 5.74) is -1.29. The maximum Gasteiger partial charge on any atom is 0.223 e. The Morgan fingerprint density at radius 1 is 1.36 bits per heavy atom. The molecule has 0 radical (unpaired) electrons. The summed E-state index contributed by atoms with van der Waals surface area (Å²) in [6, 6.07) is 9.29. The second kappa shape index (κ2) is 7.09. The van der Waals surface area contributed by atoms with Crippen LogP contribution in [0.3, 0.4) is 0 Å². The number of ether oxygens (including phenoxy) is 1. The van der Waals surface area contributed by atoms with E-state index in [2.05, 4.69) is 5.32 Å². The summed E-state index contributed by atoms with van der Waals surface area (Å²) in [6.07, 6.45) is 1.51. The number of hydrogen-bond acceptors (Lipinski definition) is 4. The lowest BCUT2D eigenvalue weighted by atomic mass is 10.0. The van der Waals surface area contributed by atoms with Gasteiger partial charge in [-0.1, -0.05) is 12.1 Å². The van der Waals surface area contributed by atoms with E-state index in [4.69, 9.17) is 9.15 Å². The van der Waals surface area contributed by atoms with Gasteiger partial charge in [-0.2, -0.15) is 0 Å². The van der Waals surface area contributed by atoms with Crippen molar-refractivity contribution in [3.05, 3.63) is 54.2 Å². The third-order valence-corrected chi connectivity index (χ3v) is 3.11. The normalized spacial score (nSPS) is 13.4. The van der Waals surface area contributed by atoms with Crippen molar-refractivity contribution in [2.24, 2.45) is 0 Å². The number of furan rings is 1. The monoisotopic (exact) mass is 307 g/mol. The van der Waals surface area contributed by atoms with Crippen LogP contribution in [-0.2, 0) is 10.4 Å². The molecule has 118 valence electrons. The molecule has 0 bridgehead atoms. The van der Waals surface area contributed by atoms with Gasteiger partial charge in [0.05, 0.1) is 25.8 Å². The molecular weight excluding hydrogens is 289 g/mol. The number of halogens is 1. The molecule has 0 aliphatic rings. The van der Waals surface area contributed by atoms with Gasteiger partial charge in [-0.05, 0) is 31.2 Å². The molecule has 0 aliphatic carbocycles. The van der Waals surface area contributed by atoms with Crippen molar-refractivity contribution < 1.29 is 23.4 Å². The van der Waals surface area contributed by atoms with Crippen LogP contribution in [0.15, 0.2) is 47.1 Å². The summed E-state index contributed by atoms with van der Waals surface area (Å²) in [5, 5.41) is 12.8. The summed E-state index contributed by atoms with van der Waals surface area (Å²) in [6.45, 7) is 1.61. The van der Waals surface area contributed by atoms with Crippen molar-refractivity contribution >= 4 is 5.91 Å². The van der Waals surface area contributed by atoms with E-state index in [1.54, 1.807) is 31.2 Å². The fraction of sp³-hybridized carbons (Fsp3) is 0.312. The van der Waals surface area contributed by atoms with Gasteiger partial charge in [0.2, 0.25) is 5.91 Å². The highest BCUT2D eigenvalue weighted by Crippen LogP contribution is 2.19. The molecule has 1 amide bonds. The third kappa shape index (κ3) is 4.33. The molecule has 0 fully saturated rings. The number of benzene rings is 1. The Morgan fingerprint density at radius 2 is 2.14 bits per heavy atom. The van der Waals surface area contributed by atoms with Gasteiger partial charge < -0.3 is 19.6 Å². The number of aliphatic hydroxyl groups is 1. The largest absolute Gasteiger partial charge is 0.490 e. The van der Waals surface area contributed by atoms with Crippen LogP contribution < -0.4 is 10.1 Å². The predicted octanol–water partition coefficient (Wildman–Crippen LogP) is 2.21. The minimum absolute atomic E-state index is 0.0129. The van der Waals surface area contributed by atoms with Gasteiger partial charge in [0.15, 0.2) is 11.6 Å². The standard InChI is InChI=1S/C16H18FNO4/c1-16(20,14-7-4-9-22-14)11-18-15(19)8-10-21-13-6-3-2-5-12(13)17/h2-7,9,20H,8,10-11H2,1H3,(H,18,19)/t16-/m0/s1. The van der Waals surface area contributed by atoms with E-state index < -0.39 is 11.4 Å². The van der Waals surface area contributed by atoms with Crippen LogP contribution in [-0.4, -0.2) is 24.2 Å². The highest BCUT2D eigenvalue weighted by molar-refractivity contribution is 5.76. The lowest BCUT2D eigenvalue weighted by molar-refractivity contribution is -0.123. The first-order valence-corrected chi connectivity index (χ1v) is 6.89. The molecule has 0 unspecified atom stereocenters. The molecular formula is C16H18FNO4. The molecule has 0 saturated heterocycles. The van der Waals surface area contributed by atoms with Gasteiger partial charge in [-0.15, -0.1) is 0 Å². The molecule has 2 N–H and O–H groups in total. The Labute approximate surface area is 127 Å². The van der Waals surface area contributed by atoms with Crippen LogP contribution in [0.5, 0.6) is 5.75 Å². The number of nitrogens with one attached hydrogen (secondary N) is 1. The van der Waals surface area contributed by atoms with Crippen molar-refractivity contribution in [3.63, 3.8) is 0 Å². The van der Waals surface area contributed by atoms with E-state index >= 15 is 0 Å². The van der Waals surface area contributed by atoms with Crippen LogP contribution in [0.4, 0.5) is 4.39 Å². The second-order valence-electron chi connectivity index (χ2n) is 5.06. The number of hydrogen-bond donors (Lipinski definition) is 2. The van der Waals surface area contributed by atoms with E-state index in [0.29, 0.717) is 5.76 Å². The number of rotatable bonds is 7. The van der Waals surface area contributed by atoms with Crippen molar-refractivity contribution in [1.29, 1.82) is 0 Å². The van der Waals surface area contributed by atoms with Crippen molar-refractivity contribution in [1.82, 2.24) is 5.32 Å². The van der Waals surface area contributed by atoms with Gasteiger partial charge in [-0.3, -0.25) is 4.79 Å². The molecule has 2 rings (SSSR count). The van der Waals surface area contributed by atoms with Crippen molar-refractivity contribution in [2.75, 3.05) is 13.2 Å². The fourth-order valence-electron chi connectivity index (χ4n) is 1.85. The molecule has 0 aliphatic heterocycles. The van der Waals surface area contributed by atoms with E-state index in [-0.39, 0.29) is 31.2 Å². The zero-order valence-corrected chi connectivity index (χ0v) is 12.2. The highest BCUT2D eigenvalue weighted by atomic mass is 19.1. The molecule has 2 aromatic rings. The Hall–Kier alpha value is -2.34. The first-order valence-electron chi connectivity index (χ1n) is 6.89. The van der Waals surface area contributed by atoms with Crippen molar-refractivity contribution in [3.8, 4) is 5.75 Å². The summed E-state index contributed by atoms with van der Waals surface area (Å²) < 4.78 is 23.6. The number of carbonyl (C=O) groups is 1. The quantitative estimate of drug-likeness (QED) is 0.822. The minimum Gasteiger partial charge on any atom is -0.490 e. The van der Waals surface area contributed by atoms with Crippen LogP contribution >= 0.6 is 0 Å². The maximum atomic E-state index is 13.3. The van der Waals surface area contributed by atoms with Crippen molar-refractivity contribution in [2.45, 2.75) is 18.9 Å². The van der Waals surface area contributed by atoms with Crippen LogP contribution in [0, 0.1) is 5.82 Å². The molecule has 22 heavy (non-hydrogen) atoms. The molecule has 5 nitrogen and oxygen atoms in total. The van der Waals surface area contributed by atoms with Crippen LogP contribution in [0.2, 0.25) is 0 Å². The molecule has 1 aromatic heterocycles. The number of carbonyl (C=O) groups excluding carboxylic acids is 1. The van der Waals surface area contributed by atoms with Gasteiger partial charge in [0, 0.05) is 0 Å². The zero-order valence-electron chi connectivity index (χ0n) is 12.2. The first kappa shape index (κ1) is 16.0. The molecule has 6 heteroatoms. The molecule has 0 spiro atoms. The van der Waals surface area contributed by atoms with Gasteiger partial charge in [0.1, 0.15) is 11.4 Å². The Kier molecular flexibility index (Phi) is 5.16. The lowest BCUT2D eigenvalue weighted by Gasteiger charge is -2.21.